The van der Waals surface area contributed by atoms with Crippen LogP contribution in [0.15, 0.2) is 24.3 Å². The van der Waals surface area contributed by atoms with Crippen molar-refractivity contribution in [2.45, 2.75) is 45.0 Å². The molecule has 0 aromatic heterocycles. The number of nitrogens with zero attached hydrogens (tertiary/aromatic N) is 1. The molecule has 2 fully saturated rings. The van der Waals surface area contributed by atoms with E-state index >= 15 is 0 Å². The first kappa shape index (κ1) is 24.2. The third-order valence-electron chi connectivity index (χ3n) is 5.96. The molecular formula is C21H26F5N3O3. The van der Waals surface area contributed by atoms with Gasteiger partial charge in [0, 0.05) is 25.2 Å². The van der Waals surface area contributed by atoms with Crippen molar-refractivity contribution in [3.05, 3.63) is 29.8 Å². The lowest BCUT2D eigenvalue weighted by Crippen LogP contribution is -2.65. The summed E-state index contributed by atoms with van der Waals surface area (Å²) in [6.45, 7) is 0.489. The number of amides is 2. The normalized spacial score (nSPS) is 18.8. The smallest absolute Gasteiger partial charge is 0.410 e. The number of benzene rings is 1. The Labute approximate surface area is 182 Å². The second-order valence-electron chi connectivity index (χ2n) is 9.21. The van der Waals surface area contributed by atoms with Crippen LogP contribution in [0.3, 0.4) is 0 Å². The van der Waals surface area contributed by atoms with E-state index < -0.39 is 24.2 Å². The number of halogens is 5. The lowest BCUT2D eigenvalue weighted by molar-refractivity contribution is -0.189. The van der Waals surface area contributed by atoms with Crippen molar-refractivity contribution in [3.63, 3.8) is 0 Å². The molecule has 2 N–H and O–H groups in total. The average Bonchev–Trinajstić information content (AvgIpc) is 2.59. The number of ether oxygens (including phenoxy) is 1. The zero-order valence-corrected chi connectivity index (χ0v) is 17.8. The maximum absolute atomic E-state index is 12.9. The molecule has 178 valence electrons. The molecule has 1 saturated carbocycles. The molecule has 11 heteroatoms. The van der Waals surface area contributed by atoms with Crippen molar-refractivity contribution in [3.8, 4) is 5.75 Å². The standard InChI is InChI=1S/C21H26F5N3O3/c1-19(2,21(24,25)26)28-16(30)10-29-11-20(12-29)7-13(8-20)9-27-17(31)14-4-3-5-15(6-14)32-18(22)23/h3-6,13,18H,7-12H2,1-2H3,(H,27,31)(H,28,30). The van der Waals surface area contributed by atoms with Gasteiger partial charge in [0.05, 0.1) is 6.54 Å². The molecule has 0 bridgehead atoms. The van der Waals surface area contributed by atoms with Crippen LogP contribution in [-0.2, 0) is 4.79 Å². The van der Waals surface area contributed by atoms with Gasteiger partial charge in [-0.25, -0.2) is 0 Å². The fourth-order valence-corrected chi connectivity index (χ4v) is 4.40. The van der Waals surface area contributed by atoms with E-state index in [0.717, 1.165) is 26.7 Å². The predicted octanol–water partition coefficient (Wildman–Crippen LogP) is 3.19. The average molecular weight is 463 g/mol. The highest BCUT2D eigenvalue weighted by Gasteiger charge is 2.53. The molecule has 0 atom stereocenters. The summed E-state index contributed by atoms with van der Waals surface area (Å²) in [5.74, 6) is -0.889. The van der Waals surface area contributed by atoms with Crippen LogP contribution >= 0.6 is 0 Å². The fourth-order valence-electron chi connectivity index (χ4n) is 4.40. The van der Waals surface area contributed by atoms with Crippen LogP contribution in [-0.4, -0.2) is 61.2 Å². The molecule has 0 unspecified atom stereocenters. The van der Waals surface area contributed by atoms with Gasteiger partial charge in [-0.1, -0.05) is 6.07 Å². The summed E-state index contributed by atoms with van der Waals surface area (Å²) in [6.07, 6.45) is -2.84. The van der Waals surface area contributed by atoms with E-state index in [4.69, 9.17) is 0 Å². The summed E-state index contributed by atoms with van der Waals surface area (Å²) in [5.41, 5.74) is -2.02. The third kappa shape index (κ3) is 5.67. The predicted molar refractivity (Wildman–Crippen MR) is 105 cm³/mol. The van der Waals surface area contributed by atoms with E-state index in [0.29, 0.717) is 19.6 Å². The van der Waals surface area contributed by atoms with Gasteiger partial charge < -0.3 is 15.4 Å². The maximum Gasteiger partial charge on any atom is 0.410 e. The number of alkyl halides is 5. The van der Waals surface area contributed by atoms with Crippen LogP contribution in [0.5, 0.6) is 5.75 Å². The van der Waals surface area contributed by atoms with Crippen LogP contribution < -0.4 is 15.4 Å². The summed E-state index contributed by atoms with van der Waals surface area (Å²) in [6, 6.07) is 5.55. The Morgan fingerprint density at radius 3 is 2.47 bits per heavy atom. The molecule has 1 aliphatic heterocycles. The molecule has 1 heterocycles. The van der Waals surface area contributed by atoms with Gasteiger partial charge in [0.25, 0.3) is 5.91 Å². The third-order valence-corrected chi connectivity index (χ3v) is 5.96. The lowest BCUT2D eigenvalue weighted by atomic mass is 9.57. The maximum atomic E-state index is 12.9. The number of likely N-dealkylation sites (tertiary alicyclic amines) is 1. The first-order valence-electron chi connectivity index (χ1n) is 10.2. The summed E-state index contributed by atoms with van der Waals surface area (Å²) in [4.78, 5) is 26.0. The number of hydrogen-bond acceptors (Lipinski definition) is 4. The SMILES string of the molecule is CC(C)(NC(=O)CN1CC2(CC(CNC(=O)c3cccc(OC(F)F)c3)C2)C1)C(F)(F)F. The zero-order valence-electron chi connectivity index (χ0n) is 17.8. The van der Waals surface area contributed by atoms with E-state index in [1.54, 1.807) is 0 Å². The molecule has 2 amide bonds. The Morgan fingerprint density at radius 2 is 1.88 bits per heavy atom. The minimum atomic E-state index is -4.53. The monoisotopic (exact) mass is 463 g/mol. The molecule has 2 aliphatic rings. The topological polar surface area (TPSA) is 70.7 Å². The molecule has 1 aromatic rings. The lowest BCUT2D eigenvalue weighted by Gasteiger charge is -2.59. The summed E-state index contributed by atoms with van der Waals surface area (Å²) < 4.78 is 67.5. The first-order valence-corrected chi connectivity index (χ1v) is 10.2. The minimum absolute atomic E-state index is 0.0419. The largest absolute Gasteiger partial charge is 0.435 e. The zero-order chi connectivity index (χ0) is 23.7. The van der Waals surface area contributed by atoms with Crippen molar-refractivity contribution in [2.75, 3.05) is 26.2 Å². The van der Waals surface area contributed by atoms with Gasteiger partial charge in [-0.15, -0.1) is 0 Å². The van der Waals surface area contributed by atoms with Gasteiger partial charge >= 0.3 is 12.8 Å². The van der Waals surface area contributed by atoms with Gasteiger partial charge in [-0.3, -0.25) is 14.5 Å². The molecule has 32 heavy (non-hydrogen) atoms. The van der Waals surface area contributed by atoms with Gasteiger partial charge in [0.1, 0.15) is 11.3 Å². The second kappa shape index (κ2) is 8.84. The van der Waals surface area contributed by atoms with Gasteiger partial charge in [-0.05, 0) is 56.2 Å². The first-order chi connectivity index (χ1) is 14.8. The molecule has 1 aromatic carbocycles. The van der Waals surface area contributed by atoms with E-state index in [-0.39, 0.29) is 35.1 Å². The van der Waals surface area contributed by atoms with Crippen LogP contribution in [0.1, 0.15) is 37.0 Å². The number of rotatable bonds is 8. The summed E-state index contributed by atoms with van der Waals surface area (Å²) >= 11 is 0. The highest BCUT2D eigenvalue weighted by Crippen LogP contribution is 2.51. The Morgan fingerprint density at radius 1 is 1.22 bits per heavy atom. The van der Waals surface area contributed by atoms with E-state index in [2.05, 4.69) is 10.1 Å². The van der Waals surface area contributed by atoms with Crippen LogP contribution in [0.25, 0.3) is 0 Å². The van der Waals surface area contributed by atoms with Gasteiger partial charge in [0.2, 0.25) is 5.91 Å². The Hall–Kier alpha value is -2.43. The van der Waals surface area contributed by atoms with Crippen LogP contribution in [0, 0.1) is 11.3 Å². The van der Waals surface area contributed by atoms with Crippen molar-refractivity contribution in [1.82, 2.24) is 15.5 Å². The highest BCUT2D eigenvalue weighted by molar-refractivity contribution is 5.94. The van der Waals surface area contributed by atoms with Crippen LogP contribution in [0.4, 0.5) is 22.0 Å². The summed E-state index contributed by atoms with van der Waals surface area (Å²) in [7, 11) is 0. The van der Waals surface area contributed by atoms with Crippen molar-refractivity contribution < 1.29 is 36.3 Å². The number of carbonyl (C=O) groups excluding carboxylic acids is 2. The molecule has 1 aliphatic carbocycles. The molecule has 3 rings (SSSR count). The number of nitrogens with one attached hydrogen (secondary N) is 2. The molecule has 0 radical (unpaired) electrons. The van der Waals surface area contributed by atoms with E-state index in [1.165, 1.54) is 24.3 Å². The van der Waals surface area contributed by atoms with Crippen molar-refractivity contribution in [1.29, 1.82) is 0 Å². The van der Waals surface area contributed by atoms with Crippen molar-refractivity contribution >= 4 is 11.8 Å². The Kier molecular flexibility index (Phi) is 6.69. The summed E-state index contributed by atoms with van der Waals surface area (Å²) in [5, 5.41) is 4.81. The highest BCUT2D eigenvalue weighted by atomic mass is 19.4. The molecule has 6 nitrogen and oxygen atoms in total. The number of carbonyl (C=O) groups is 2. The quantitative estimate of drug-likeness (QED) is 0.581. The Balaban J connectivity index is 1.36. The van der Waals surface area contributed by atoms with Crippen molar-refractivity contribution in [2.24, 2.45) is 11.3 Å². The fraction of sp³-hybridized carbons (Fsp3) is 0.619. The van der Waals surface area contributed by atoms with Crippen LogP contribution in [0.2, 0.25) is 0 Å². The van der Waals surface area contributed by atoms with Gasteiger partial charge in [-0.2, -0.15) is 22.0 Å². The number of hydrogen-bond donors (Lipinski definition) is 2. The van der Waals surface area contributed by atoms with E-state index in [9.17, 15) is 31.5 Å². The van der Waals surface area contributed by atoms with E-state index in [1.807, 2.05) is 10.2 Å². The van der Waals surface area contributed by atoms with Gasteiger partial charge in [0.15, 0.2) is 0 Å². The molecular weight excluding hydrogens is 437 g/mol. The second-order valence-corrected chi connectivity index (χ2v) is 9.21. The minimum Gasteiger partial charge on any atom is -0.435 e. The molecule has 1 spiro atoms. The Bertz CT molecular complexity index is 845. The molecule has 1 saturated heterocycles.